The van der Waals surface area contributed by atoms with E-state index in [-0.39, 0.29) is 5.57 Å². The van der Waals surface area contributed by atoms with Gasteiger partial charge in [-0.05, 0) is 52.9 Å². The van der Waals surface area contributed by atoms with Crippen LogP contribution in [0.2, 0.25) is 5.02 Å². The predicted octanol–water partition coefficient (Wildman–Crippen LogP) is 6.62. The second-order valence-corrected chi connectivity index (χ2v) is 7.57. The fraction of sp³-hybridized carbons (Fsp3) is 0.0370. The average Bonchev–Trinajstić information content (AvgIpc) is 2.83. The number of rotatable bonds is 6. The van der Waals surface area contributed by atoms with Crippen molar-refractivity contribution < 1.29 is 9.53 Å². The van der Waals surface area contributed by atoms with Crippen molar-refractivity contribution in [3.05, 3.63) is 113 Å². The van der Waals surface area contributed by atoms with E-state index in [1.807, 2.05) is 72.8 Å². The molecule has 4 nitrogen and oxygen atoms in total. The molecular weight excluding hydrogens is 420 g/mol. The largest absolute Gasteiger partial charge is 0.489 e. The normalized spacial score (nSPS) is 11.1. The van der Waals surface area contributed by atoms with E-state index in [1.165, 1.54) is 0 Å². The number of halogens is 1. The first kappa shape index (κ1) is 21.2. The zero-order valence-electron chi connectivity index (χ0n) is 17.1. The molecule has 4 rings (SSSR count). The van der Waals surface area contributed by atoms with Crippen LogP contribution in [0.5, 0.6) is 5.75 Å². The number of nitrogens with one attached hydrogen (secondary N) is 1. The van der Waals surface area contributed by atoms with Crippen LogP contribution < -0.4 is 10.1 Å². The van der Waals surface area contributed by atoms with Crippen LogP contribution in [0, 0.1) is 11.3 Å². The summed E-state index contributed by atoms with van der Waals surface area (Å²) in [7, 11) is 0. The van der Waals surface area contributed by atoms with Crippen LogP contribution in [-0.2, 0) is 11.4 Å². The lowest BCUT2D eigenvalue weighted by Gasteiger charge is -2.09. The van der Waals surface area contributed by atoms with Crippen LogP contribution in [0.25, 0.3) is 16.8 Å². The maximum atomic E-state index is 12.7. The summed E-state index contributed by atoms with van der Waals surface area (Å²) in [5, 5.41) is 15.0. The lowest BCUT2D eigenvalue weighted by molar-refractivity contribution is -0.112. The Labute approximate surface area is 191 Å². The third-order valence-corrected chi connectivity index (χ3v) is 5.16. The molecule has 0 bridgehead atoms. The van der Waals surface area contributed by atoms with Gasteiger partial charge in [-0.25, -0.2) is 0 Å². The number of hydrogen-bond acceptors (Lipinski definition) is 3. The number of carbonyl (C=O) groups is 1. The van der Waals surface area contributed by atoms with E-state index in [9.17, 15) is 10.1 Å². The van der Waals surface area contributed by atoms with Gasteiger partial charge in [-0.15, -0.1) is 0 Å². The molecular formula is C27H19ClN2O2. The van der Waals surface area contributed by atoms with Crippen LogP contribution in [0.1, 0.15) is 11.1 Å². The third-order valence-electron chi connectivity index (χ3n) is 4.91. The van der Waals surface area contributed by atoms with Crippen LogP contribution in [0.4, 0.5) is 5.69 Å². The second-order valence-electron chi connectivity index (χ2n) is 7.13. The third kappa shape index (κ3) is 5.15. The Morgan fingerprint density at radius 3 is 2.41 bits per heavy atom. The molecule has 5 heteroatoms. The van der Waals surface area contributed by atoms with Gasteiger partial charge >= 0.3 is 0 Å². The van der Waals surface area contributed by atoms with Gasteiger partial charge in [0.25, 0.3) is 5.91 Å². The molecule has 0 aliphatic rings. The molecule has 0 unspecified atom stereocenters. The minimum Gasteiger partial charge on any atom is -0.489 e. The van der Waals surface area contributed by atoms with Crippen molar-refractivity contribution in [2.45, 2.75) is 6.61 Å². The molecule has 32 heavy (non-hydrogen) atoms. The molecule has 1 N–H and O–H groups in total. The molecule has 0 radical (unpaired) electrons. The summed E-state index contributed by atoms with van der Waals surface area (Å²) in [5.74, 6) is 0.239. The Bertz CT molecular complexity index is 1320. The molecule has 0 aliphatic heterocycles. The zero-order chi connectivity index (χ0) is 22.3. The van der Waals surface area contributed by atoms with Crippen molar-refractivity contribution in [3.63, 3.8) is 0 Å². The molecule has 0 aliphatic carbocycles. The van der Waals surface area contributed by atoms with Gasteiger partial charge in [0.2, 0.25) is 0 Å². The van der Waals surface area contributed by atoms with Crippen LogP contribution >= 0.6 is 11.6 Å². The highest BCUT2D eigenvalue weighted by molar-refractivity contribution is 6.30. The number of nitrogens with zero attached hydrogens (tertiary/aromatic N) is 1. The highest BCUT2D eigenvalue weighted by Gasteiger charge is 2.11. The molecule has 0 spiro atoms. The van der Waals surface area contributed by atoms with E-state index in [0.717, 1.165) is 21.9 Å². The van der Waals surface area contributed by atoms with Gasteiger partial charge < -0.3 is 10.1 Å². The van der Waals surface area contributed by atoms with Crippen molar-refractivity contribution >= 4 is 40.0 Å². The number of anilines is 1. The maximum Gasteiger partial charge on any atom is 0.266 e. The molecule has 0 aromatic heterocycles. The number of fused-ring (bicyclic) bond motifs is 1. The molecule has 0 saturated heterocycles. The van der Waals surface area contributed by atoms with Gasteiger partial charge in [0.05, 0.1) is 0 Å². The highest BCUT2D eigenvalue weighted by atomic mass is 35.5. The number of hydrogen-bond donors (Lipinski definition) is 1. The number of benzene rings is 4. The van der Waals surface area contributed by atoms with Gasteiger partial charge in [-0.3, -0.25) is 4.79 Å². The lowest BCUT2D eigenvalue weighted by Crippen LogP contribution is -2.13. The monoisotopic (exact) mass is 438 g/mol. The van der Waals surface area contributed by atoms with Gasteiger partial charge in [-0.1, -0.05) is 72.3 Å². The molecule has 0 fully saturated rings. The van der Waals surface area contributed by atoms with Gasteiger partial charge in [0.15, 0.2) is 0 Å². The molecule has 4 aromatic rings. The first-order valence-electron chi connectivity index (χ1n) is 10.0. The minimum atomic E-state index is -0.452. The molecule has 4 aromatic carbocycles. The van der Waals surface area contributed by atoms with E-state index < -0.39 is 5.91 Å². The summed E-state index contributed by atoms with van der Waals surface area (Å²) >= 11 is 5.90. The standard InChI is InChI=1S/C27H19ClN2O2/c28-23-12-8-20(9-13-23)18-32-24-14-10-19(11-15-24)16-22(17-29)27(31)30-26-7-3-5-21-4-1-2-6-25(21)26/h1-16H,18H2,(H,30,31)/b22-16+. The number of ether oxygens (including phenoxy) is 1. The minimum absolute atomic E-state index is 0.0211. The van der Waals surface area contributed by atoms with Crippen LogP contribution in [-0.4, -0.2) is 5.91 Å². The summed E-state index contributed by atoms with van der Waals surface area (Å²) in [6.45, 7) is 0.420. The first-order valence-corrected chi connectivity index (χ1v) is 10.4. The van der Waals surface area contributed by atoms with Gasteiger partial charge in [-0.2, -0.15) is 5.26 Å². The average molecular weight is 439 g/mol. The van der Waals surface area contributed by atoms with Crippen molar-refractivity contribution in [2.75, 3.05) is 5.32 Å². The molecule has 0 saturated carbocycles. The Morgan fingerprint density at radius 2 is 1.66 bits per heavy atom. The smallest absolute Gasteiger partial charge is 0.266 e. The zero-order valence-corrected chi connectivity index (χ0v) is 17.8. The van der Waals surface area contributed by atoms with E-state index in [1.54, 1.807) is 30.3 Å². The van der Waals surface area contributed by atoms with Gasteiger partial charge in [0, 0.05) is 16.1 Å². The number of nitriles is 1. The molecule has 0 atom stereocenters. The fourth-order valence-electron chi connectivity index (χ4n) is 3.25. The van der Waals surface area contributed by atoms with E-state index >= 15 is 0 Å². The van der Waals surface area contributed by atoms with Gasteiger partial charge in [0.1, 0.15) is 24.0 Å². The first-order chi connectivity index (χ1) is 15.6. The van der Waals surface area contributed by atoms with E-state index in [2.05, 4.69) is 5.32 Å². The summed E-state index contributed by atoms with van der Waals surface area (Å²) in [6.07, 6.45) is 1.56. The van der Waals surface area contributed by atoms with Crippen LogP contribution in [0.15, 0.2) is 96.6 Å². The topological polar surface area (TPSA) is 62.1 Å². The van der Waals surface area contributed by atoms with Crippen molar-refractivity contribution in [1.29, 1.82) is 5.26 Å². The SMILES string of the molecule is N#C/C(=C\c1ccc(OCc2ccc(Cl)cc2)cc1)C(=O)Nc1cccc2ccccc12. The predicted molar refractivity (Wildman–Crippen MR) is 128 cm³/mol. The number of carbonyl (C=O) groups excluding carboxylic acids is 1. The van der Waals surface area contributed by atoms with E-state index in [4.69, 9.17) is 16.3 Å². The summed E-state index contributed by atoms with van der Waals surface area (Å²) in [5.41, 5.74) is 2.43. The number of amides is 1. The Balaban J connectivity index is 1.44. The summed E-state index contributed by atoms with van der Waals surface area (Å²) < 4.78 is 5.78. The Morgan fingerprint density at radius 1 is 0.938 bits per heavy atom. The molecule has 1 amide bonds. The second kappa shape index (κ2) is 9.82. The lowest BCUT2D eigenvalue weighted by atomic mass is 10.1. The van der Waals surface area contributed by atoms with Crippen molar-refractivity contribution in [2.24, 2.45) is 0 Å². The Hall–Kier alpha value is -4.07. The highest BCUT2D eigenvalue weighted by Crippen LogP contribution is 2.24. The van der Waals surface area contributed by atoms with E-state index in [0.29, 0.717) is 23.1 Å². The summed E-state index contributed by atoms with van der Waals surface area (Å²) in [6, 6.07) is 30.1. The van der Waals surface area contributed by atoms with Crippen LogP contribution in [0.3, 0.4) is 0 Å². The maximum absolute atomic E-state index is 12.7. The fourth-order valence-corrected chi connectivity index (χ4v) is 3.37. The quantitative estimate of drug-likeness (QED) is 0.272. The summed E-state index contributed by atoms with van der Waals surface area (Å²) in [4.78, 5) is 12.7. The Kier molecular flexibility index (Phi) is 6.50. The van der Waals surface area contributed by atoms with Crippen molar-refractivity contribution in [3.8, 4) is 11.8 Å². The van der Waals surface area contributed by atoms with Crippen molar-refractivity contribution in [1.82, 2.24) is 0 Å². The molecule has 0 heterocycles. The molecule has 156 valence electrons.